The first-order valence-corrected chi connectivity index (χ1v) is 9.84. The predicted octanol–water partition coefficient (Wildman–Crippen LogP) is 4.07. The van der Waals surface area contributed by atoms with Crippen LogP contribution >= 0.6 is 11.3 Å². The zero-order valence-electron chi connectivity index (χ0n) is 14.9. The van der Waals surface area contributed by atoms with Gasteiger partial charge in [0.15, 0.2) is 5.13 Å². The van der Waals surface area contributed by atoms with Gasteiger partial charge in [0.1, 0.15) is 0 Å². The lowest BCUT2D eigenvalue weighted by Gasteiger charge is -2.12. The van der Waals surface area contributed by atoms with E-state index >= 15 is 0 Å². The van der Waals surface area contributed by atoms with Crippen molar-refractivity contribution in [2.75, 3.05) is 4.90 Å². The third-order valence-corrected chi connectivity index (χ3v) is 5.88. The molecular weight excluding hydrogens is 356 g/mol. The molecule has 0 atom stereocenters. The minimum atomic E-state index is 0.614. The molecule has 0 aliphatic carbocycles. The van der Waals surface area contributed by atoms with Crippen molar-refractivity contribution in [2.24, 2.45) is 0 Å². The van der Waals surface area contributed by atoms with Crippen LogP contribution in [0.1, 0.15) is 23.7 Å². The lowest BCUT2D eigenvalue weighted by atomic mass is 9.96. The van der Waals surface area contributed by atoms with Gasteiger partial charge in [-0.15, -0.1) is 21.5 Å². The minimum Gasteiger partial charge on any atom is -0.339 e. The van der Waals surface area contributed by atoms with E-state index in [1.165, 1.54) is 22.4 Å². The third kappa shape index (κ3) is 2.90. The Morgan fingerprint density at radius 1 is 1.07 bits per heavy atom. The van der Waals surface area contributed by atoms with E-state index in [9.17, 15) is 0 Å². The molecule has 7 heteroatoms. The smallest absolute Gasteiger partial charge is 0.205 e. The second kappa shape index (κ2) is 6.59. The maximum Gasteiger partial charge on any atom is 0.205 e. The maximum absolute atomic E-state index is 4.74. The molecule has 134 valence electrons. The van der Waals surface area contributed by atoms with Gasteiger partial charge in [-0.1, -0.05) is 43.3 Å². The molecule has 6 nitrogen and oxygen atoms in total. The molecule has 3 heterocycles. The number of thiazole rings is 1. The second-order valence-corrected chi connectivity index (χ2v) is 7.43. The summed E-state index contributed by atoms with van der Waals surface area (Å²) >= 11 is 1.73. The van der Waals surface area contributed by atoms with Crippen LogP contribution in [0.5, 0.6) is 0 Å². The normalized spacial score (nSPS) is 13.1. The van der Waals surface area contributed by atoms with Gasteiger partial charge in [0, 0.05) is 24.0 Å². The lowest BCUT2D eigenvalue weighted by Crippen LogP contribution is -2.14. The average molecular weight is 374 g/mol. The Balaban J connectivity index is 1.48. The van der Waals surface area contributed by atoms with E-state index in [1.807, 2.05) is 18.2 Å². The van der Waals surface area contributed by atoms with Crippen molar-refractivity contribution in [3.8, 4) is 22.5 Å². The fraction of sp³-hybridized carbons (Fsp3) is 0.200. The van der Waals surface area contributed by atoms with E-state index in [0.29, 0.717) is 5.82 Å². The number of nitrogens with zero attached hydrogens (tertiary/aromatic N) is 5. The van der Waals surface area contributed by atoms with Gasteiger partial charge in [0.05, 0.1) is 5.69 Å². The molecule has 0 saturated heterocycles. The van der Waals surface area contributed by atoms with Gasteiger partial charge in [-0.2, -0.15) is 5.21 Å². The van der Waals surface area contributed by atoms with Crippen LogP contribution in [0.15, 0.2) is 47.8 Å². The molecule has 0 spiro atoms. The lowest BCUT2D eigenvalue weighted by molar-refractivity contribution is 0.865. The molecule has 1 aliphatic heterocycles. The van der Waals surface area contributed by atoms with Gasteiger partial charge < -0.3 is 4.90 Å². The average Bonchev–Trinajstić information content (AvgIpc) is 3.47. The Bertz CT molecular complexity index is 1090. The summed E-state index contributed by atoms with van der Waals surface area (Å²) in [5.41, 5.74) is 7.15. The number of aryl methyl sites for hydroxylation is 1. The van der Waals surface area contributed by atoms with Crippen molar-refractivity contribution in [1.29, 1.82) is 0 Å². The topological polar surface area (TPSA) is 70.6 Å². The molecule has 0 fully saturated rings. The second-order valence-electron chi connectivity index (χ2n) is 6.60. The van der Waals surface area contributed by atoms with Crippen LogP contribution in [0.2, 0.25) is 0 Å². The Morgan fingerprint density at radius 3 is 2.70 bits per heavy atom. The fourth-order valence-electron chi connectivity index (χ4n) is 3.51. The third-order valence-electron chi connectivity index (χ3n) is 4.93. The Labute approximate surface area is 160 Å². The van der Waals surface area contributed by atoms with Gasteiger partial charge in [0.25, 0.3) is 0 Å². The van der Waals surface area contributed by atoms with Crippen LogP contribution in [0.3, 0.4) is 0 Å². The Morgan fingerprint density at radius 2 is 1.93 bits per heavy atom. The number of nitrogens with one attached hydrogen (secondary N) is 1. The van der Waals surface area contributed by atoms with Gasteiger partial charge in [-0.05, 0) is 40.0 Å². The molecule has 4 aromatic rings. The quantitative estimate of drug-likeness (QED) is 0.583. The molecular formula is C20H18N6S. The predicted molar refractivity (Wildman–Crippen MR) is 106 cm³/mol. The van der Waals surface area contributed by atoms with Crippen LogP contribution in [0, 0.1) is 0 Å². The number of rotatable bonds is 4. The van der Waals surface area contributed by atoms with Gasteiger partial charge >= 0.3 is 0 Å². The van der Waals surface area contributed by atoms with Gasteiger partial charge in [0.2, 0.25) is 5.82 Å². The number of aromatic nitrogens is 5. The monoisotopic (exact) mass is 374 g/mol. The number of benzene rings is 2. The van der Waals surface area contributed by atoms with Crippen molar-refractivity contribution in [3.05, 3.63) is 64.7 Å². The number of fused-ring (bicyclic) bond motifs is 1. The van der Waals surface area contributed by atoms with Crippen LogP contribution in [-0.2, 0) is 19.5 Å². The molecule has 1 N–H and O–H groups in total. The molecule has 2 aromatic carbocycles. The standard InChI is InChI=1S/C20H18N6S/c1-2-16-12-27-20(21-16)26-10-14-8-7-13(9-15(14)11-26)17-5-3-4-6-18(17)19-22-24-25-23-19/h3-9,12H,2,10-11H2,1H3,(H,22,23,24,25). The largest absolute Gasteiger partial charge is 0.339 e. The number of tetrazole rings is 1. The first-order chi connectivity index (χ1) is 13.3. The zero-order valence-corrected chi connectivity index (χ0v) is 15.7. The number of hydrogen-bond donors (Lipinski definition) is 1. The van der Waals surface area contributed by atoms with E-state index in [-0.39, 0.29) is 0 Å². The summed E-state index contributed by atoms with van der Waals surface area (Å²) in [5.74, 6) is 0.614. The molecule has 2 aromatic heterocycles. The highest BCUT2D eigenvalue weighted by atomic mass is 32.1. The van der Waals surface area contributed by atoms with Crippen molar-refractivity contribution >= 4 is 16.5 Å². The van der Waals surface area contributed by atoms with Crippen LogP contribution in [0.4, 0.5) is 5.13 Å². The molecule has 0 radical (unpaired) electrons. The minimum absolute atomic E-state index is 0.614. The van der Waals surface area contributed by atoms with E-state index in [4.69, 9.17) is 4.98 Å². The summed E-state index contributed by atoms with van der Waals surface area (Å²) in [6.45, 7) is 3.95. The Hall–Kier alpha value is -3.06. The summed E-state index contributed by atoms with van der Waals surface area (Å²) in [4.78, 5) is 7.09. The highest BCUT2D eigenvalue weighted by Gasteiger charge is 2.22. The SMILES string of the molecule is CCc1csc(N2Cc3ccc(-c4ccccc4-c4nn[nH]n4)cc3C2)n1. The first-order valence-electron chi connectivity index (χ1n) is 8.96. The summed E-state index contributed by atoms with van der Waals surface area (Å²) in [7, 11) is 0. The molecule has 5 rings (SSSR count). The van der Waals surface area contributed by atoms with Crippen molar-refractivity contribution < 1.29 is 0 Å². The van der Waals surface area contributed by atoms with E-state index in [1.54, 1.807) is 11.3 Å². The van der Waals surface area contributed by atoms with Crippen LogP contribution in [0.25, 0.3) is 22.5 Å². The summed E-state index contributed by atoms with van der Waals surface area (Å²) < 4.78 is 0. The summed E-state index contributed by atoms with van der Waals surface area (Å²) in [6.07, 6.45) is 0.980. The number of H-pyrrole nitrogens is 1. The highest BCUT2D eigenvalue weighted by molar-refractivity contribution is 7.13. The molecule has 0 bridgehead atoms. The van der Waals surface area contributed by atoms with Crippen LogP contribution < -0.4 is 4.90 Å². The molecule has 1 aliphatic rings. The number of hydrogen-bond acceptors (Lipinski definition) is 6. The fourth-order valence-corrected chi connectivity index (χ4v) is 4.42. The number of anilines is 1. The highest BCUT2D eigenvalue weighted by Crippen LogP contribution is 2.35. The Kier molecular flexibility index (Phi) is 3.94. The van der Waals surface area contributed by atoms with E-state index < -0.39 is 0 Å². The van der Waals surface area contributed by atoms with E-state index in [2.05, 4.69) is 62.1 Å². The van der Waals surface area contributed by atoms with Crippen LogP contribution in [-0.4, -0.2) is 25.6 Å². The molecule has 0 saturated carbocycles. The van der Waals surface area contributed by atoms with Gasteiger partial charge in [-0.25, -0.2) is 4.98 Å². The van der Waals surface area contributed by atoms with Crippen molar-refractivity contribution in [3.63, 3.8) is 0 Å². The summed E-state index contributed by atoms with van der Waals surface area (Å²) in [6, 6.07) is 14.9. The van der Waals surface area contributed by atoms with Crippen molar-refractivity contribution in [1.82, 2.24) is 25.6 Å². The number of aromatic amines is 1. The first kappa shape index (κ1) is 16.1. The molecule has 0 unspecified atom stereocenters. The molecule has 0 amide bonds. The summed E-state index contributed by atoms with van der Waals surface area (Å²) in [5, 5.41) is 17.8. The molecule has 27 heavy (non-hydrogen) atoms. The van der Waals surface area contributed by atoms with E-state index in [0.717, 1.165) is 35.8 Å². The van der Waals surface area contributed by atoms with Gasteiger partial charge in [-0.3, -0.25) is 0 Å². The maximum atomic E-state index is 4.74. The zero-order chi connectivity index (χ0) is 18.2. The van der Waals surface area contributed by atoms with Crippen molar-refractivity contribution in [2.45, 2.75) is 26.4 Å².